The maximum Gasteiger partial charge on any atom is 0.344 e. The Balaban J connectivity index is 1.37. The number of aryl methyl sites for hydroxylation is 1. The molecule has 4 amide bonds. The lowest BCUT2D eigenvalue weighted by Crippen LogP contribution is -2.50. The van der Waals surface area contributed by atoms with Gasteiger partial charge in [-0.25, -0.2) is 4.79 Å². The number of benzene rings is 1. The van der Waals surface area contributed by atoms with Gasteiger partial charge < -0.3 is 14.6 Å². The van der Waals surface area contributed by atoms with Crippen LogP contribution in [0.5, 0.6) is 5.75 Å². The van der Waals surface area contributed by atoms with Crippen molar-refractivity contribution in [3.05, 3.63) is 41.5 Å². The van der Waals surface area contributed by atoms with Crippen molar-refractivity contribution >= 4 is 17.8 Å². The second-order valence-corrected chi connectivity index (χ2v) is 7.20. The van der Waals surface area contributed by atoms with Gasteiger partial charge in [-0.05, 0) is 37.1 Å². The van der Waals surface area contributed by atoms with E-state index in [1.165, 1.54) is 0 Å². The van der Waals surface area contributed by atoms with Crippen molar-refractivity contribution in [2.75, 3.05) is 0 Å². The summed E-state index contributed by atoms with van der Waals surface area (Å²) in [6.45, 7) is 1.82. The molecule has 1 saturated carbocycles. The summed E-state index contributed by atoms with van der Waals surface area (Å²) in [6.07, 6.45) is 3.97. The van der Waals surface area contributed by atoms with Gasteiger partial charge in [0.25, 0.3) is 11.8 Å². The van der Waals surface area contributed by atoms with E-state index in [0.29, 0.717) is 30.3 Å². The van der Waals surface area contributed by atoms with Crippen LogP contribution in [0.25, 0.3) is 0 Å². The van der Waals surface area contributed by atoms with Crippen molar-refractivity contribution in [1.29, 1.82) is 0 Å². The topological polar surface area (TPSA) is 127 Å². The number of rotatable bonds is 5. The first-order chi connectivity index (χ1) is 14.0. The number of amides is 4. The van der Waals surface area contributed by atoms with Crippen LogP contribution >= 0.6 is 0 Å². The summed E-state index contributed by atoms with van der Waals surface area (Å²) in [7, 11) is 0. The first-order valence-electron chi connectivity index (χ1n) is 9.47. The summed E-state index contributed by atoms with van der Waals surface area (Å²) in [5.41, 5.74) is 1.81. The SMILES string of the molecule is Cc1nc(COc2ccc(C(=O)NN3C(=O)NC4(CCCCC4)C3=O)cc2)no1. The molecular formula is C19H21N5O5. The van der Waals surface area contributed by atoms with E-state index in [1.807, 2.05) is 0 Å². The van der Waals surface area contributed by atoms with Crippen LogP contribution < -0.4 is 15.5 Å². The summed E-state index contributed by atoms with van der Waals surface area (Å²) in [5.74, 6) is 0.429. The smallest absolute Gasteiger partial charge is 0.344 e. The summed E-state index contributed by atoms with van der Waals surface area (Å²) in [4.78, 5) is 41.5. The molecule has 2 aromatic rings. The van der Waals surface area contributed by atoms with Crippen molar-refractivity contribution < 1.29 is 23.6 Å². The molecule has 10 nitrogen and oxygen atoms in total. The maximum absolute atomic E-state index is 12.7. The average molecular weight is 399 g/mol. The lowest BCUT2D eigenvalue weighted by molar-refractivity contribution is -0.134. The molecule has 0 atom stereocenters. The van der Waals surface area contributed by atoms with E-state index in [2.05, 4.69) is 20.9 Å². The first-order valence-corrected chi connectivity index (χ1v) is 9.47. The largest absolute Gasteiger partial charge is 0.485 e. The van der Waals surface area contributed by atoms with Gasteiger partial charge in [0.05, 0.1) is 0 Å². The van der Waals surface area contributed by atoms with Gasteiger partial charge in [-0.3, -0.25) is 15.0 Å². The molecule has 1 aliphatic carbocycles. The minimum atomic E-state index is -0.881. The third-order valence-corrected chi connectivity index (χ3v) is 5.14. The number of hydrazine groups is 1. The van der Waals surface area contributed by atoms with Crippen molar-refractivity contribution in [2.45, 2.75) is 51.2 Å². The van der Waals surface area contributed by atoms with Gasteiger partial charge >= 0.3 is 6.03 Å². The first kappa shape index (κ1) is 18.9. The Hall–Kier alpha value is -3.43. The second-order valence-electron chi connectivity index (χ2n) is 7.20. The zero-order valence-electron chi connectivity index (χ0n) is 15.9. The lowest BCUT2D eigenvalue weighted by atomic mass is 9.82. The molecule has 2 N–H and O–H groups in total. The van der Waals surface area contributed by atoms with Crippen LogP contribution in [0.1, 0.15) is 54.2 Å². The van der Waals surface area contributed by atoms with Gasteiger partial charge in [0.15, 0.2) is 6.61 Å². The Kier molecular flexibility index (Phi) is 4.91. The van der Waals surface area contributed by atoms with Crippen LogP contribution in [-0.2, 0) is 11.4 Å². The normalized spacial score (nSPS) is 18.0. The highest BCUT2D eigenvalue weighted by molar-refractivity contribution is 6.09. The number of aromatic nitrogens is 2. The number of nitrogens with one attached hydrogen (secondary N) is 2. The fourth-order valence-corrected chi connectivity index (χ4v) is 3.63. The van der Waals surface area contributed by atoms with Crippen LogP contribution in [0, 0.1) is 6.92 Å². The number of urea groups is 1. The van der Waals surface area contributed by atoms with E-state index in [4.69, 9.17) is 9.26 Å². The minimum Gasteiger partial charge on any atom is -0.485 e. The molecule has 10 heteroatoms. The monoisotopic (exact) mass is 399 g/mol. The van der Waals surface area contributed by atoms with Crippen molar-refractivity contribution in [3.8, 4) is 5.75 Å². The highest BCUT2D eigenvalue weighted by atomic mass is 16.5. The highest BCUT2D eigenvalue weighted by Crippen LogP contribution is 2.33. The summed E-state index contributed by atoms with van der Waals surface area (Å²) in [5, 5.41) is 7.27. The second kappa shape index (κ2) is 7.53. The highest BCUT2D eigenvalue weighted by Gasteiger charge is 2.52. The molecule has 0 unspecified atom stereocenters. The van der Waals surface area contributed by atoms with Crippen LogP contribution in [-0.4, -0.2) is 38.5 Å². The average Bonchev–Trinajstić information content (AvgIpc) is 3.24. The van der Waals surface area contributed by atoms with E-state index < -0.39 is 23.4 Å². The molecule has 4 rings (SSSR count). The lowest BCUT2D eigenvalue weighted by Gasteiger charge is -2.30. The summed E-state index contributed by atoms with van der Waals surface area (Å²) >= 11 is 0. The summed E-state index contributed by atoms with van der Waals surface area (Å²) < 4.78 is 10.4. The predicted octanol–water partition coefficient (Wildman–Crippen LogP) is 1.86. The number of carbonyl (C=O) groups excluding carboxylic acids is 3. The van der Waals surface area contributed by atoms with Gasteiger partial charge in [0.2, 0.25) is 11.7 Å². The fourth-order valence-electron chi connectivity index (χ4n) is 3.63. The zero-order chi connectivity index (χ0) is 20.4. The molecule has 1 aromatic heterocycles. The third-order valence-electron chi connectivity index (χ3n) is 5.14. The van der Waals surface area contributed by atoms with Gasteiger partial charge in [0, 0.05) is 12.5 Å². The molecule has 1 aliphatic heterocycles. The van der Waals surface area contributed by atoms with Crippen LogP contribution in [0.15, 0.2) is 28.8 Å². The third kappa shape index (κ3) is 3.78. The molecular weight excluding hydrogens is 378 g/mol. The molecule has 0 bridgehead atoms. The number of ether oxygens (including phenoxy) is 1. The quantitative estimate of drug-likeness (QED) is 0.735. The number of carbonyl (C=O) groups is 3. The Morgan fingerprint density at radius 3 is 2.62 bits per heavy atom. The summed E-state index contributed by atoms with van der Waals surface area (Å²) in [6, 6.07) is 5.70. The predicted molar refractivity (Wildman–Crippen MR) is 98.5 cm³/mol. The van der Waals surface area contributed by atoms with Gasteiger partial charge in [-0.2, -0.15) is 9.99 Å². The molecule has 152 valence electrons. The molecule has 29 heavy (non-hydrogen) atoms. The number of hydrogen-bond acceptors (Lipinski definition) is 7. The van der Waals surface area contributed by atoms with Crippen LogP contribution in [0.4, 0.5) is 4.79 Å². The Labute approximate surface area is 166 Å². The van der Waals surface area contributed by atoms with Crippen LogP contribution in [0.3, 0.4) is 0 Å². The molecule has 2 aliphatic rings. The van der Waals surface area contributed by atoms with Crippen molar-refractivity contribution in [1.82, 2.24) is 25.9 Å². The number of imide groups is 1. The van der Waals surface area contributed by atoms with E-state index in [0.717, 1.165) is 24.3 Å². The maximum atomic E-state index is 12.7. The van der Waals surface area contributed by atoms with E-state index >= 15 is 0 Å². The minimum absolute atomic E-state index is 0.132. The fraction of sp³-hybridized carbons (Fsp3) is 0.421. The van der Waals surface area contributed by atoms with Gasteiger partial charge in [0.1, 0.15) is 11.3 Å². The molecule has 0 radical (unpaired) electrons. The number of nitrogens with zero attached hydrogens (tertiary/aromatic N) is 3. The molecule has 2 heterocycles. The molecule has 1 saturated heterocycles. The van der Waals surface area contributed by atoms with Crippen LogP contribution in [0.2, 0.25) is 0 Å². The van der Waals surface area contributed by atoms with E-state index in [1.54, 1.807) is 31.2 Å². The Morgan fingerprint density at radius 1 is 1.24 bits per heavy atom. The van der Waals surface area contributed by atoms with Gasteiger partial charge in [-0.1, -0.05) is 24.4 Å². The Morgan fingerprint density at radius 2 is 1.97 bits per heavy atom. The number of hydrogen-bond donors (Lipinski definition) is 2. The molecule has 1 spiro atoms. The van der Waals surface area contributed by atoms with E-state index in [9.17, 15) is 14.4 Å². The van der Waals surface area contributed by atoms with Crippen molar-refractivity contribution in [2.24, 2.45) is 0 Å². The molecule has 2 fully saturated rings. The standard InChI is InChI=1S/C19H21N5O5/c1-12-20-15(23-29-12)11-28-14-7-5-13(6-8-14)16(25)22-24-17(26)19(21-18(24)27)9-3-2-4-10-19/h5-8H,2-4,9-11H2,1H3,(H,21,27)(H,22,25). The van der Waals surface area contributed by atoms with Gasteiger partial charge in [-0.15, -0.1) is 0 Å². The zero-order valence-corrected chi connectivity index (χ0v) is 15.9. The molecule has 1 aromatic carbocycles. The Bertz CT molecular complexity index is 933. The van der Waals surface area contributed by atoms with E-state index in [-0.39, 0.29) is 12.2 Å². The van der Waals surface area contributed by atoms with Crippen molar-refractivity contribution in [3.63, 3.8) is 0 Å².